The minimum absolute atomic E-state index is 0.147. The van der Waals surface area contributed by atoms with Crippen molar-refractivity contribution in [3.8, 4) is 6.07 Å². The average molecular weight is 247 g/mol. The fourth-order valence-corrected chi connectivity index (χ4v) is 2.01. The second kappa shape index (κ2) is 5.61. The summed E-state index contributed by atoms with van der Waals surface area (Å²) >= 11 is 0. The van der Waals surface area contributed by atoms with Gasteiger partial charge in [0.2, 0.25) is 0 Å². The number of benzene rings is 1. The van der Waals surface area contributed by atoms with Crippen LogP contribution in [-0.4, -0.2) is 48.4 Å². The summed E-state index contributed by atoms with van der Waals surface area (Å²) in [6.07, 6.45) is 0. The van der Waals surface area contributed by atoms with E-state index in [9.17, 15) is 9.18 Å². The molecule has 5 heteroatoms. The van der Waals surface area contributed by atoms with Crippen LogP contribution in [0.4, 0.5) is 4.39 Å². The number of amides is 1. The first-order valence-corrected chi connectivity index (χ1v) is 5.85. The Balaban J connectivity index is 1.98. The molecule has 1 aliphatic rings. The summed E-state index contributed by atoms with van der Waals surface area (Å²) in [6, 6.07) is 7.82. The van der Waals surface area contributed by atoms with Gasteiger partial charge in [0, 0.05) is 31.7 Å². The van der Waals surface area contributed by atoms with Crippen LogP contribution in [0.3, 0.4) is 0 Å². The summed E-state index contributed by atoms with van der Waals surface area (Å²) < 4.78 is 13.0. The zero-order valence-electron chi connectivity index (χ0n) is 9.97. The standard InChI is InChI=1S/C13H14FN3O/c14-12-3-1-2-11(10-12)13(18)17-8-6-16(5-4-15)7-9-17/h1-3,10H,5-9H2. The number of halogens is 1. The smallest absolute Gasteiger partial charge is 0.254 e. The topological polar surface area (TPSA) is 47.3 Å². The number of hydrogen-bond donors (Lipinski definition) is 0. The summed E-state index contributed by atoms with van der Waals surface area (Å²) in [6.45, 7) is 2.93. The number of rotatable bonds is 2. The van der Waals surface area contributed by atoms with Crippen molar-refractivity contribution in [3.63, 3.8) is 0 Å². The molecule has 1 saturated heterocycles. The van der Waals surface area contributed by atoms with Crippen molar-refractivity contribution in [3.05, 3.63) is 35.6 Å². The first-order chi connectivity index (χ1) is 8.70. The van der Waals surface area contributed by atoms with Crippen LogP contribution in [0.5, 0.6) is 0 Å². The number of nitrogens with zero attached hydrogens (tertiary/aromatic N) is 3. The Bertz CT molecular complexity index is 475. The summed E-state index contributed by atoms with van der Waals surface area (Å²) in [5, 5.41) is 8.59. The zero-order valence-corrected chi connectivity index (χ0v) is 9.97. The molecule has 0 aromatic heterocycles. The van der Waals surface area contributed by atoms with Gasteiger partial charge in [0.05, 0.1) is 12.6 Å². The number of nitriles is 1. The maximum absolute atomic E-state index is 13.0. The van der Waals surface area contributed by atoms with Gasteiger partial charge in [-0.2, -0.15) is 5.26 Å². The monoisotopic (exact) mass is 247 g/mol. The van der Waals surface area contributed by atoms with Crippen molar-refractivity contribution < 1.29 is 9.18 Å². The van der Waals surface area contributed by atoms with Crippen molar-refractivity contribution >= 4 is 5.91 Å². The third-order valence-corrected chi connectivity index (χ3v) is 3.03. The summed E-state index contributed by atoms with van der Waals surface area (Å²) in [7, 11) is 0. The number of piperazine rings is 1. The molecule has 1 aromatic carbocycles. The van der Waals surface area contributed by atoms with Gasteiger partial charge in [0.1, 0.15) is 5.82 Å². The Labute approximate surface area is 105 Å². The van der Waals surface area contributed by atoms with E-state index in [1.807, 2.05) is 4.90 Å². The summed E-state index contributed by atoms with van der Waals surface area (Å²) in [5.74, 6) is -0.546. The lowest BCUT2D eigenvalue weighted by Gasteiger charge is -2.33. The Morgan fingerprint density at radius 2 is 2.06 bits per heavy atom. The van der Waals surface area contributed by atoms with E-state index >= 15 is 0 Å². The quantitative estimate of drug-likeness (QED) is 0.735. The second-order valence-corrected chi connectivity index (χ2v) is 4.24. The lowest BCUT2D eigenvalue weighted by molar-refractivity contribution is 0.0651. The van der Waals surface area contributed by atoms with Crippen molar-refractivity contribution in [1.29, 1.82) is 5.26 Å². The van der Waals surface area contributed by atoms with Gasteiger partial charge in [-0.15, -0.1) is 0 Å². The van der Waals surface area contributed by atoms with Gasteiger partial charge in [0.25, 0.3) is 5.91 Å². The lowest BCUT2D eigenvalue weighted by Crippen LogP contribution is -2.48. The van der Waals surface area contributed by atoms with E-state index in [4.69, 9.17) is 5.26 Å². The minimum atomic E-state index is -0.399. The molecule has 0 spiro atoms. The van der Waals surface area contributed by atoms with E-state index in [0.29, 0.717) is 38.3 Å². The third-order valence-electron chi connectivity index (χ3n) is 3.03. The number of carbonyl (C=O) groups excluding carboxylic acids is 1. The highest BCUT2D eigenvalue weighted by Crippen LogP contribution is 2.10. The number of hydrogen-bond acceptors (Lipinski definition) is 3. The van der Waals surface area contributed by atoms with Crippen LogP contribution in [0.15, 0.2) is 24.3 Å². The molecule has 1 aromatic rings. The molecular formula is C13H14FN3O. The third kappa shape index (κ3) is 2.84. The van der Waals surface area contributed by atoms with Gasteiger partial charge in [-0.05, 0) is 18.2 Å². The second-order valence-electron chi connectivity index (χ2n) is 4.24. The number of carbonyl (C=O) groups is 1. The first kappa shape index (κ1) is 12.5. The molecule has 0 aliphatic carbocycles. The van der Waals surface area contributed by atoms with E-state index < -0.39 is 5.82 Å². The van der Waals surface area contributed by atoms with Gasteiger partial charge < -0.3 is 4.90 Å². The Morgan fingerprint density at radius 1 is 1.33 bits per heavy atom. The Kier molecular flexibility index (Phi) is 3.90. The molecule has 4 nitrogen and oxygen atoms in total. The van der Waals surface area contributed by atoms with Gasteiger partial charge in [-0.25, -0.2) is 4.39 Å². The van der Waals surface area contributed by atoms with Crippen LogP contribution in [0.25, 0.3) is 0 Å². The zero-order chi connectivity index (χ0) is 13.0. The fourth-order valence-electron chi connectivity index (χ4n) is 2.01. The van der Waals surface area contributed by atoms with Crippen LogP contribution in [0.2, 0.25) is 0 Å². The van der Waals surface area contributed by atoms with Gasteiger partial charge in [-0.1, -0.05) is 6.07 Å². The molecule has 18 heavy (non-hydrogen) atoms. The van der Waals surface area contributed by atoms with Crippen molar-refractivity contribution in [2.45, 2.75) is 0 Å². The minimum Gasteiger partial charge on any atom is -0.336 e. The van der Waals surface area contributed by atoms with Crippen LogP contribution in [0, 0.1) is 17.1 Å². The van der Waals surface area contributed by atoms with E-state index in [0.717, 1.165) is 0 Å². The highest BCUT2D eigenvalue weighted by molar-refractivity contribution is 5.94. The molecule has 0 N–H and O–H groups in total. The Morgan fingerprint density at radius 3 is 2.67 bits per heavy atom. The average Bonchev–Trinajstić information content (AvgIpc) is 2.39. The van der Waals surface area contributed by atoms with Crippen molar-refractivity contribution in [2.24, 2.45) is 0 Å². The predicted molar refractivity (Wildman–Crippen MR) is 64.4 cm³/mol. The van der Waals surface area contributed by atoms with Crippen LogP contribution >= 0.6 is 0 Å². The molecule has 1 amide bonds. The SMILES string of the molecule is N#CCN1CCN(C(=O)c2cccc(F)c2)CC1. The molecule has 2 rings (SSSR count). The van der Waals surface area contributed by atoms with Crippen LogP contribution in [-0.2, 0) is 0 Å². The highest BCUT2D eigenvalue weighted by Gasteiger charge is 2.21. The van der Waals surface area contributed by atoms with Gasteiger partial charge in [0.15, 0.2) is 0 Å². The van der Waals surface area contributed by atoms with E-state index in [1.165, 1.54) is 18.2 Å². The molecule has 1 fully saturated rings. The summed E-state index contributed by atoms with van der Waals surface area (Å²) in [4.78, 5) is 15.8. The van der Waals surface area contributed by atoms with E-state index in [1.54, 1.807) is 11.0 Å². The normalized spacial score (nSPS) is 16.3. The molecule has 1 heterocycles. The molecule has 0 radical (unpaired) electrons. The highest BCUT2D eigenvalue weighted by atomic mass is 19.1. The van der Waals surface area contributed by atoms with Gasteiger partial charge >= 0.3 is 0 Å². The maximum atomic E-state index is 13.0. The lowest BCUT2D eigenvalue weighted by atomic mass is 10.2. The van der Waals surface area contributed by atoms with E-state index in [2.05, 4.69) is 6.07 Å². The van der Waals surface area contributed by atoms with Crippen LogP contribution < -0.4 is 0 Å². The maximum Gasteiger partial charge on any atom is 0.254 e. The molecule has 0 unspecified atom stereocenters. The van der Waals surface area contributed by atoms with Crippen molar-refractivity contribution in [2.75, 3.05) is 32.7 Å². The molecule has 94 valence electrons. The van der Waals surface area contributed by atoms with E-state index in [-0.39, 0.29) is 5.91 Å². The molecule has 0 bridgehead atoms. The van der Waals surface area contributed by atoms with Gasteiger partial charge in [-0.3, -0.25) is 9.69 Å². The largest absolute Gasteiger partial charge is 0.336 e. The first-order valence-electron chi connectivity index (χ1n) is 5.85. The van der Waals surface area contributed by atoms with Crippen LogP contribution in [0.1, 0.15) is 10.4 Å². The molecule has 0 saturated carbocycles. The predicted octanol–water partition coefficient (Wildman–Crippen LogP) is 1.11. The van der Waals surface area contributed by atoms with Crippen molar-refractivity contribution in [1.82, 2.24) is 9.80 Å². The molecular weight excluding hydrogens is 233 g/mol. The summed E-state index contributed by atoms with van der Waals surface area (Å²) in [5.41, 5.74) is 0.378. The molecule has 0 atom stereocenters. The Hall–Kier alpha value is -1.93. The fraction of sp³-hybridized carbons (Fsp3) is 0.385. The molecule has 1 aliphatic heterocycles.